The van der Waals surface area contributed by atoms with Gasteiger partial charge in [-0.05, 0) is 42.9 Å². The van der Waals surface area contributed by atoms with Crippen LogP contribution in [-0.2, 0) is 11.2 Å². The number of carbonyl (C=O) groups is 1. The Bertz CT molecular complexity index is 433. The van der Waals surface area contributed by atoms with Gasteiger partial charge in [0, 0.05) is 0 Å². The van der Waals surface area contributed by atoms with Gasteiger partial charge in [0.25, 0.3) is 0 Å². The molecule has 0 spiro atoms. The van der Waals surface area contributed by atoms with E-state index in [2.05, 4.69) is 0 Å². The molecule has 1 saturated carbocycles. The van der Waals surface area contributed by atoms with Gasteiger partial charge < -0.3 is 10.2 Å². The highest BCUT2D eigenvalue weighted by Crippen LogP contribution is 2.34. The first kappa shape index (κ1) is 13.0. The summed E-state index contributed by atoms with van der Waals surface area (Å²) in [6.07, 6.45) is 1.98. The monoisotopic (exact) mass is 252 g/mol. The van der Waals surface area contributed by atoms with E-state index < -0.39 is 18.0 Å². The van der Waals surface area contributed by atoms with Crippen molar-refractivity contribution < 1.29 is 19.4 Å². The minimum absolute atomic E-state index is 0.217. The zero-order valence-corrected chi connectivity index (χ0v) is 10.1. The molecule has 1 aromatic rings. The van der Waals surface area contributed by atoms with E-state index in [1.165, 1.54) is 12.1 Å². The maximum absolute atomic E-state index is 13.1. The first-order chi connectivity index (χ1) is 8.58. The van der Waals surface area contributed by atoms with Gasteiger partial charge in [-0.25, -0.2) is 4.39 Å². The van der Waals surface area contributed by atoms with Gasteiger partial charge in [-0.2, -0.15) is 0 Å². The number of hydrogen-bond donors (Lipinski definition) is 2. The van der Waals surface area contributed by atoms with E-state index in [1.807, 2.05) is 0 Å². The maximum Gasteiger partial charge on any atom is 0.307 e. The first-order valence-corrected chi connectivity index (χ1v) is 6.23. The van der Waals surface area contributed by atoms with E-state index in [0.29, 0.717) is 12.0 Å². The molecule has 3 nitrogen and oxygen atoms in total. The maximum atomic E-state index is 13.1. The average Bonchev–Trinajstić information content (AvgIpc) is 2.72. The fraction of sp³-hybridized carbons (Fsp3) is 0.500. The third kappa shape index (κ3) is 2.88. The third-order valence-electron chi connectivity index (χ3n) is 3.71. The molecule has 1 aromatic carbocycles. The molecule has 0 saturated heterocycles. The molecule has 4 heteroatoms. The normalized spacial score (nSPS) is 25.0. The largest absolute Gasteiger partial charge is 0.481 e. The Hall–Kier alpha value is -1.42. The van der Waals surface area contributed by atoms with Crippen molar-refractivity contribution in [1.29, 1.82) is 0 Å². The van der Waals surface area contributed by atoms with Crippen LogP contribution in [0.1, 0.15) is 24.8 Å². The van der Waals surface area contributed by atoms with E-state index >= 15 is 0 Å². The third-order valence-corrected chi connectivity index (χ3v) is 3.71. The SMILES string of the molecule is O=C(O)C(Cc1cccc(F)c1)C1CCCC1O. The number of aliphatic hydroxyl groups is 1. The summed E-state index contributed by atoms with van der Waals surface area (Å²) >= 11 is 0. The van der Waals surface area contributed by atoms with Gasteiger partial charge in [0.2, 0.25) is 0 Å². The summed E-state index contributed by atoms with van der Waals surface area (Å²) in [5, 5.41) is 19.1. The fourth-order valence-electron chi connectivity index (χ4n) is 2.78. The van der Waals surface area contributed by atoms with Crippen molar-refractivity contribution in [2.75, 3.05) is 0 Å². The Labute approximate surface area is 105 Å². The Morgan fingerprint density at radius 1 is 1.44 bits per heavy atom. The van der Waals surface area contributed by atoms with E-state index in [1.54, 1.807) is 12.1 Å². The number of aliphatic hydroxyl groups excluding tert-OH is 1. The second-order valence-corrected chi connectivity index (χ2v) is 4.94. The molecule has 2 N–H and O–H groups in total. The summed E-state index contributed by atoms with van der Waals surface area (Å²) in [5.74, 6) is -2.12. The molecule has 3 unspecified atom stereocenters. The Morgan fingerprint density at radius 2 is 2.22 bits per heavy atom. The van der Waals surface area contributed by atoms with Crippen LogP contribution < -0.4 is 0 Å². The molecule has 2 rings (SSSR count). The van der Waals surface area contributed by atoms with Crippen molar-refractivity contribution in [3.05, 3.63) is 35.6 Å². The van der Waals surface area contributed by atoms with Crippen LogP contribution in [0.15, 0.2) is 24.3 Å². The second-order valence-electron chi connectivity index (χ2n) is 4.94. The van der Waals surface area contributed by atoms with Gasteiger partial charge in [0.1, 0.15) is 5.82 Å². The standard InChI is InChI=1S/C14H17FO3/c15-10-4-1-3-9(7-10)8-12(14(17)18)11-5-2-6-13(11)16/h1,3-4,7,11-13,16H,2,5-6,8H2,(H,17,18). The van der Waals surface area contributed by atoms with Crippen LogP contribution >= 0.6 is 0 Å². The molecule has 1 aliphatic rings. The highest BCUT2D eigenvalue weighted by molar-refractivity contribution is 5.71. The minimum Gasteiger partial charge on any atom is -0.481 e. The number of aliphatic carboxylic acids is 1. The molecule has 1 fully saturated rings. The van der Waals surface area contributed by atoms with Gasteiger partial charge in [0.05, 0.1) is 12.0 Å². The summed E-state index contributed by atoms with van der Waals surface area (Å²) in [5.41, 5.74) is 0.668. The van der Waals surface area contributed by atoms with Gasteiger partial charge in [-0.15, -0.1) is 0 Å². The molecule has 0 aliphatic heterocycles. The number of hydrogen-bond acceptors (Lipinski definition) is 2. The molecular formula is C14H17FO3. The zero-order valence-electron chi connectivity index (χ0n) is 10.1. The molecule has 0 aromatic heterocycles. The molecule has 3 atom stereocenters. The van der Waals surface area contributed by atoms with Crippen LogP contribution in [0.5, 0.6) is 0 Å². The van der Waals surface area contributed by atoms with Gasteiger partial charge in [-0.1, -0.05) is 18.6 Å². The van der Waals surface area contributed by atoms with E-state index in [4.69, 9.17) is 0 Å². The lowest BCUT2D eigenvalue weighted by atomic mass is 9.84. The Balaban J connectivity index is 2.14. The molecular weight excluding hydrogens is 235 g/mol. The minimum atomic E-state index is -0.912. The number of halogens is 1. The van der Waals surface area contributed by atoms with Crippen molar-refractivity contribution in [3.8, 4) is 0 Å². The number of benzene rings is 1. The lowest BCUT2D eigenvalue weighted by Gasteiger charge is -2.22. The van der Waals surface area contributed by atoms with E-state index in [0.717, 1.165) is 12.8 Å². The van der Waals surface area contributed by atoms with Gasteiger partial charge >= 0.3 is 5.97 Å². The van der Waals surface area contributed by atoms with Crippen molar-refractivity contribution in [2.45, 2.75) is 31.8 Å². The summed E-state index contributed by atoms with van der Waals surface area (Å²) in [4.78, 5) is 11.3. The Kier molecular flexibility index (Phi) is 3.97. The molecule has 18 heavy (non-hydrogen) atoms. The second kappa shape index (κ2) is 5.48. The van der Waals surface area contributed by atoms with Crippen LogP contribution in [0.4, 0.5) is 4.39 Å². The van der Waals surface area contributed by atoms with Crippen LogP contribution in [0.25, 0.3) is 0 Å². The molecule has 0 radical (unpaired) electrons. The summed E-state index contributed by atoms with van der Waals surface area (Å²) in [6.45, 7) is 0. The first-order valence-electron chi connectivity index (χ1n) is 6.23. The van der Waals surface area contributed by atoms with Crippen molar-refractivity contribution in [1.82, 2.24) is 0 Å². The summed E-state index contributed by atoms with van der Waals surface area (Å²) < 4.78 is 13.1. The van der Waals surface area contributed by atoms with Crippen LogP contribution in [0, 0.1) is 17.7 Å². The molecule has 0 amide bonds. The topological polar surface area (TPSA) is 57.5 Å². The van der Waals surface area contributed by atoms with Crippen LogP contribution in [0.3, 0.4) is 0 Å². The van der Waals surface area contributed by atoms with E-state index in [-0.39, 0.29) is 18.2 Å². The van der Waals surface area contributed by atoms with Crippen molar-refractivity contribution >= 4 is 5.97 Å². The van der Waals surface area contributed by atoms with E-state index in [9.17, 15) is 19.4 Å². The number of rotatable bonds is 4. The molecule has 1 aliphatic carbocycles. The lowest BCUT2D eigenvalue weighted by molar-refractivity contribution is -0.145. The average molecular weight is 252 g/mol. The van der Waals surface area contributed by atoms with Crippen molar-refractivity contribution in [3.63, 3.8) is 0 Å². The fourth-order valence-corrected chi connectivity index (χ4v) is 2.78. The lowest BCUT2D eigenvalue weighted by Crippen LogP contribution is -2.30. The van der Waals surface area contributed by atoms with Crippen LogP contribution in [-0.4, -0.2) is 22.3 Å². The predicted molar refractivity (Wildman–Crippen MR) is 64.6 cm³/mol. The van der Waals surface area contributed by atoms with Crippen molar-refractivity contribution in [2.24, 2.45) is 11.8 Å². The molecule has 98 valence electrons. The quantitative estimate of drug-likeness (QED) is 0.864. The predicted octanol–water partition coefficient (Wildman–Crippen LogP) is 2.23. The highest BCUT2D eigenvalue weighted by atomic mass is 19.1. The molecule has 0 heterocycles. The molecule has 0 bridgehead atoms. The van der Waals surface area contributed by atoms with Gasteiger partial charge in [0.15, 0.2) is 0 Å². The zero-order chi connectivity index (χ0) is 13.1. The Morgan fingerprint density at radius 3 is 2.78 bits per heavy atom. The number of carboxylic acids is 1. The number of carboxylic acid groups (broad SMARTS) is 1. The summed E-state index contributed by atoms with van der Waals surface area (Å²) in [6, 6.07) is 6.00. The van der Waals surface area contributed by atoms with Crippen LogP contribution in [0.2, 0.25) is 0 Å². The smallest absolute Gasteiger partial charge is 0.307 e. The summed E-state index contributed by atoms with van der Waals surface area (Å²) in [7, 11) is 0. The van der Waals surface area contributed by atoms with Gasteiger partial charge in [-0.3, -0.25) is 4.79 Å². The highest BCUT2D eigenvalue weighted by Gasteiger charge is 2.36.